The smallest absolute Gasteiger partial charge is 0.267 e. The maximum Gasteiger partial charge on any atom is 0.267 e. The Labute approximate surface area is 142 Å². The second kappa shape index (κ2) is 8.21. The number of rotatable bonds is 6. The number of hydrogen-bond acceptors (Lipinski definition) is 6. The molecule has 0 unspecified atom stereocenters. The summed E-state index contributed by atoms with van der Waals surface area (Å²) in [5.74, 6) is 1.06. The fraction of sp³-hybridized carbons (Fsp3) is 0.588. The van der Waals surface area contributed by atoms with Crippen LogP contribution in [-0.2, 0) is 4.79 Å². The number of anilines is 1. The van der Waals surface area contributed by atoms with Crippen LogP contribution in [-0.4, -0.2) is 51.7 Å². The lowest BCUT2D eigenvalue weighted by Crippen LogP contribution is -2.30. The van der Waals surface area contributed by atoms with Crippen molar-refractivity contribution >= 4 is 17.8 Å². The Morgan fingerprint density at radius 3 is 2.83 bits per heavy atom. The molecular formula is C17H25N5O2. The van der Waals surface area contributed by atoms with Crippen molar-refractivity contribution in [3.05, 3.63) is 24.2 Å². The van der Waals surface area contributed by atoms with E-state index in [4.69, 9.17) is 5.21 Å². The van der Waals surface area contributed by atoms with E-state index in [1.54, 1.807) is 12.4 Å². The molecule has 1 saturated heterocycles. The van der Waals surface area contributed by atoms with Gasteiger partial charge in [0.15, 0.2) is 0 Å². The molecule has 0 spiro atoms. The van der Waals surface area contributed by atoms with E-state index in [2.05, 4.69) is 20.2 Å². The summed E-state index contributed by atoms with van der Waals surface area (Å²) in [6.45, 7) is 3.45. The van der Waals surface area contributed by atoms with Crippen LogP contribution >= 0.6 is 0 Å². The number of amides is 1. The Morgan fingerprint density at radius 1 is 1.29 bits per heavy atom. The summed E-state index contributed by atoms with van der Waals surface area (Å²) in [6.07, 6.45) is 12.7. The number of likely N-dealkylation sites (tertiary alicyclic amines) is 1. The molecule has 0 radical (unpaired) electrons. The van der Waals surface area contributed by atoms with Crippen molar-refractivity contribution in [1.29, 1.82) is 0 Å². The molecule has 7 heteroatoms. The zero-order valence-corrected chi connectivity index (χ0v) is 13.8. The predicted octanol–water partition coefficient (Wildman–Crippen LogP) is 1.67. The Balaban J connectivity index is 1.46. The van der Waals surface area contributed by atoms with Crippen LogP contribution in [0.4, 0.5) is 5.82 Å². The quantitative estimate of drug-likeness (QED) is 0.417. The second-order valence-electron chi connectivity index (χ2n) is 6.68. The van der Waals surface area contributed by atoms with Gasteiger partial charge >= 0.3 is 0 Å². The summed E-state index contributed by atoms with van der Waals surface area (Å²) in [7, 11) is 0. The molecule has 1 aromatic rings. The lowest BCUT2D eigenvalue weighted by atomic mass is 10.1. The fourth-order valence-electron chi connectivity index (χ4n) is 3.58. The van der Waals surface area contributed by atoms with Gasteiger partial charge in [-0.25, -0.2) is 10.5 Å². The van der Waals surface area contributed by atoms with Gasteiger partial charge in [0.1, 0.15) is 5.82 Å². The number of nitrogens with one attached hydrogen (secondary N) is 2. The number of carbonyl (C=O) groups excluding carboxylic acids is 1. The van der Waals surface area contributed by atoms with Gasteiger partial charge < -0.3 is 10.2 Å². The van der Waals surface area contributed by atoms with Crippen LogP contribution in [0.3, 0.4) is 0 Å². The van der Waals surface area contributed by atoms with E-state index < -0.39 is 5.91 Å². The van der Waals surface area contributed by atoms with Gasteiger partial charge in [-0.1, -0.05) is 12.8 Å². The lowest BCUT2D eigenvalue weighted by molar-refractivity contribution is -0.124. The molecule has 2 heterocycles. The molecule has 1 aliphatic carbocycles. The number of carbonyl (C=O) groups is 1. The van der Waals surface area contributed by atoms with Crippen LogP contribution in [0, 0.1) is 5.92 Å². The summed E-state index contributed by atoms with van der Waals surface area (Å²) in [5, 5.41) is 11.9. The Kier molecular flexibility index (Phi) is 5.77. The zero-order chi connectivity index (χ0) is 16.8. The van der Waals surface area contributed by atoms with E-state index in [0.29, 0.717) is 11.7 Å². The Hall–Kier alpha value is -1.99. The van der Waals surface area contributed by atoms with Gasteiger partial charge in [-0.2, -0.15) is 0 Å². The first-order valence-electron chi connectivity index (χ1n) is 8.66. The van der Waals surface area contributed by atoms with Gasteiger partial charge in [0.2, 0.25) is 0 Å². The van der Waals surface area contributed by atoms with Crippen LogP contribution in [0.1, 0.15) is 37.8 Å². The zero-order valence-electron chi connectivity index (χ0n) is 13.8. The van der Waals surface area contributed by atoms with Gasteiger partial charge in [-0.3, -0.25) is 15.0 Å². The third-order valence-corrected chi connectivity index (χ3v) is 4.80. The number of aromatic nitrogens is 2. The van der Waals surface area contributed by atoms with Crippen molar-refractivity contribution in [3.63, 3.8) is 0 Å². The highest BCUT2D eigenvalue weighted by Crippen LogP contribution is 2.27. The molecule has 1 amide bonds. The minimum absolute atomic E-state index is 0.419. The van der Waals surface area contributed by atoms with E-state index in [1.807, 2.05) is 0 Å². The summed E-state index contributed by atoms with van der Waals surface area (Å²) >= 11 is 0. The first-order chi connectivity index (χ1) is 11.7. The molecule has 7 nitrogen and oxygen atoms in total. The minimum atomic E-state index is -0.590. The number of nitrogens with zero attached hydrogens (tertiary/aromatic N) is 3. The third kappa shape index (κ3) is 4.75. The lowest BCUT2D eigenvalue weighted by Gasteiger charge is -2.20. The van der Waals surface area contributed by atoms with Gasteiger partial charge in [0, 0.05) is 31.8 Å². The molecule has 1 aromatic heterocycles. The van der Waals surface area contributed by atoms with Crippen molar-refractivity contribution in [1.82, 2.24) is 20.3 Å². The summed E-state index contributed by atoms with van der Waals surface area (Å²) in [5.41, 5.74) is 2.10. The predicted molar refractivity (Wildman–Crippen MR) is 91.4 cm³/mol. The van der Waals surface area contributed by atoms with E-state index in [-0.39, 0.29) is 0 Å². The SMILES string of the molecule is O=C(/C=C/c1cnc(N[C@@H]2CCN(CC3CCCC3)C2)cn1)NO. The number of hydrogen-bond donors (Lipinski definition) is 3. The molecule has 0 bridgehead atoms. The monoisotopic (exact) mass is 331 g/mol. The Bertz CT molecular complexity index is 569. The highest BCUT2D eigenvalue weighted by atomic mass is 16.5. The average Bonchev–Trinajstić information content (AvgIpc) is 3.26. The van der Waals surface area contributed by atoms with Crippen LogP contribution in [0.2, 0.25) is 0 Å². The van der Waals surface area contributed by atoms with Gasteiger partial charge in [-0.05, 0) is 31.3 Å². The maximum absolute atomic E-state index is 10.9. The second-order valence-corrected chi connectivity index (χ2v) is 6.68. The molecule has 3 rings (SSSR count). The topological polar surface area (TPSA) is 90.4 Å². The summed E-state index contributed by atoms with van der Waals surface area (Å²) in [4.78, 5) is 22.1. The first-order valence-corrected chi connectivity index (χ1v) is 8.66. The highest BCUT2D eigenvalue weighted by molar-refractivity contribution is 5.90. The van der Waals surface area contributed by atoms with Crippen LogP contribution in [0.5, 0.6) is 0 Å². The molecule has 2 fully saturated rings. The standard InChI is InChI=1S/C17H25N5O2/c23-17(21-24)6-5-14-9-19-16(10-18-14)20-15-7-8-22(12-15)11-13-3-1-2-4-13/h5-6,9-10,13,15,24H,1-4,7-8,11-12H2,(H,19,20)(H,21,23)/b6-5+/t15-/m1/s1. The molecule has 130 valence electrons. The van der Waals surface area contributed by atoms with Crippen molar-refractivity contribution in [2.45, 2.75) is 38.1 Å². The highest BCUT2D eigenvalue weighted by Gasteiger charge is 2.26. The van der Waals surface area contributed by atoms with Crippen LogP contribution < -0.4 is 10.8 Å². The third-order valence-electron chi connectivity index (χ3n) is 4.80. The number of hydroxylamine groups is 1. The van der Waals surface area contributed by atoms with E-state index in [1.165, 1.54) is 49.9 Å². The van der Waals surface area contributed by atoms with E-state index in [9.17, 15) is 4.79 Å². The maximum atomic E-state index is 10.9. The van der Waals surface area contributed by atoms with Gasteiger partial charge in [0.25, 0.3) is 5.91 Å². The normalized spacial score (nSPS) is 22.3. The largest absolute Gasteiger partial charge is 0.365 e. The fourth-order valence-corrected chi connectivity index (χ4v) is 3.58. The molecule has 24 heavy (non-hydrogen) atoms. The molecule has 3 N–H and O–H groups in total. The van der Waals surface area contributed by atoms with Gasteiger partial charge in [0.05, 0.1) is 18.1 Å². The van der Waals surface area contributed by atoms with E-state index >= 15 is 0 Å². The molecule has 2 aliphatic rings. The molecule has 1 saturated carbocycles. The van der Waals surface area contributed by atoms with Crippen molar-refractivity contribution in [2.24, 2.45) is 5.92 Å². The van der Waals surface area contributed by atoms with Crippen molar-refractivity contribution in [2.75, 3.05) is 25.0 Å². The molecule has 0 aromatic carbocycles. The summed E-state index contributed by atoms with van der Waals surface area (Å²) < 4.78 is 0. The average molecular weight is 331 g/mol. The summed E-state index contributed by atoms with van der Waals surface area (Å²) in [6, 6.07) is 0.419. The minimum Gasteiger partial charge on any atom is -0.365 e. The first kappa shape index (κ1) is 16.9. The van der Waals surface area contributed by atoms with Crippen molar-refractivity contribution < 1.29 is 10.0 Å². The van der Waals surface area contributed by atoms with Gasteiger partial charge in [-0.15, -0.1) is 0 Å². The molecular weight excluding hydrogens is 306 g/mol. The molecule has 1 atom stereocenters. The van der Waals surface area contributed by atoms with Crippen molar-refractivity contribution in [3.8, 4) is 0 Å². The molecule has 1 aliphatic heterocycles. The Morgan fingerprint density at radius 2 is 2.12 bits per heavy atom. The van der Waals surface area contributed by atoms with Crippen LogP contribution in [0.15, 0.2) is 18.5 Å². The van der Waals surface area contributed by atoms with E-state index in [0.717, 1.165) is 31.2 Å². The van der Waals surface area contributed by atoms with Crippen LogP contribution in [0.25, 0.3) is 6.08 Å².